The van der Waals surface area contributed by atoms with E-state index in [2.05, 4.69) is 10.2 Å². The summed E-state index contributed by atoms with van der Waals surface area (Å²) in [5.41, 5.74) is 3.06. The number of hydrogen-bond acceptors (Lipinski definition) is 6. The van der Waals surface area contributed by atoms with Crippen LogP contribution in [0.3, 0.4) is 0 Å². The van der Waals surface area contributed by atoms with Crippen molar-refractivity contribution in [1.29, 1.82) is 0 Å². The lowest BCUT2D eigenvalue weighted by molar-refractivity contribution is 0.0941. The van der Waals surface area contributed by atoms with Crippen molar-refractivity contribution in [1.82, 2.24) is 24.6 Å². The fraction of sp³-hybridized carbons (Fsp3) is 0.308. The molecule has 2 aromatic carbocycles. The normalized spacial score (nSPS) is 19.4. The molecule has 2 saturated heterocycles. The van der Waals surface area contributed by atoms with Crippen molar-refractivity contribution >= 4 is 28.6 Å². The Morgan fingerprint density at radius 3 is 2.83 bits per heavy atom. The van der Waals surface area contributed by atoms with Crippen LogP contribution in [0.4, 0.5) is 4.79 Å². The molecule has 2 aliphatic heterocycles. The first-order valence-corrected chi connectivity index (χ1v) is 12.2. The van der Waals surface area contributed by atoms with Crippen LogP contribution in [-0.4, -0.2) is 56.0 Å². The molecule has 184 valence electrons. The lowest BCUT2D eigenvalue weighted by Gasteiger charge is -2.33. The Bertz CT molecular complexity index is 1500. The number of aromatic nitrogens is 4. The van der Waals surface area contributed by atoms with Crippen LogP contribution < -0.4 is 10.3 Å². The number of nitrogens with one attached hydrogen (secondary N) is 1. The molecule has 0 spiro atoms. The molecule has 2 atom stereocenters. The minimum absolute atomic E-state index is 0.00926. The lowest BCUT2D eigenvalue weighted by Crippen LogP contribution is -2.44. The number of amides is 1. The Kier molecular flexibility index (Phi) is 5.64. The summed E-state index contributed by atoms with van der Waals surface area (Å²) < 4.78 is 13.3. The Morgan fingerprint density at radius 2 is 2.06 bits per heavy atom. The lowest BCUT2D eigenvalue weighted by atomic mass is 10.0. The Labute approximate surface area is 211 Å². The highest BCUT2D eigenvalue weighted by molar-refractivity contribution is 6.30. The maximum Gasteiger partial charge on any atom is 0.410 e. The van der Waals surface area contributed by atoms with Gasteiger partial charge in [0.15, 0.2) is 0 Å². The molecule has 6 rings (SSSR count). The highest BCUT2D eigenvalue weighted by atomic mass is 35.5. The van der Waals surface area contributed by atoms with Crippen molar-refractivity contribution in [2.45, 2.75) is 38.5 Å². The first-order chi connectivity index (χ1) is 17.5. The second-order valence-electron chi connectivity index (χ2n) is 9.22. The van der Waals surface area contributed by atoms with Gasteiger partial charge >= 0.3 is 6.09 Å². The predicted molar refractivity (Wildman–Crippen MR) is 134 cm³/mol. The molecule has 2 fully saturated rings. The first kappa shape index (κ1) is 22.6. The number of hydrogen-bond donors (Lipinski definition) is 1. The average molecular weight is 506 g/mol. The largest absolute Gasteiger partial charge is 0.490 e. The van der Waals surface area contributed by atoms with Gasteiger partial charge in [0.2, 0.25) is 0 Å². The quantitative estimate of drug-likeness (QED) is 0.437. The molecule has 1 N–H and O–H groups in total. The minimum atomic E-state index is -0.258. The van der Waals surface area contributed by atoms with Crippen LogP contribution in [0.1, 0.15) is 24.2 Å². The fourth-order valence-electron chi connectivity index (χ4n) is 4.99. The van der Waals surface area contributed by atoms with E-state index in [1.165, 1.54) is 0 Å². The third kappa shape index (κ3) is 4.09. The van der Waals surface area contributed by atoms with E-state index in [1.807, 2.05) is 37.3 Å². The van der Waals surface area contributed by atoms with Crippen molar-refractivity contribution in [3.8, 4) is 16.9 Å². The number of halogens is 1. The number of piperidine rings is 1. The van der Waals surface area contributed by atoms with Crippen LogP contribution in [0.2, 0.25) is 5.02 Å². The van der Waals surface area contributed by atoms with Crippen molar-refractivity contribution in [2.24, 2.45) is 0 Å². The standard InChI is InChI=1S/C26H24ClN5O4/c1-15-30-23-9-21(17-11-28-29-12-17)24(36-20-6-7-31-19(8-20)14-35-26(31)34)10-22(23)25(33)32(15)13-16-2-4-18(27)5-3-16/h2-5,9-12,19-20H,6-8,13-14H2,1H3,(H,28,29)/t19-,20-/m0/s1. The molecule has 1 amide bonds. The van der Waals surface area contributed by atoms with Crippen molar-refractivity contribution in [2.75, 3.05) is 13.2 Å². The molecule has 4 aromatic rings. The number of fused-ring (bicyclic) bond motifs is 2. The van der Waals surface area contributed by atoms with Gasteiger partial charge in [-0.15, -0.1) is 0 Å². The van der Waals surface area contributed by atoms with E-state index in [9.17, 15) is 9.59 Å². The van der Waals surface area contributed by atoms with Crippen LogP contribution in [-0.2, 0) is 11.3 Å². The molecule has 2 aromatic heterocycles. The molecule has 0 unspecified atom stereocenters. The maximum atomic E-state index is 13.6. The molecule has 10 heteroatoms. The van der Waals surface area contributed by atoms with Crippen LogP contribution in [0, 0.1) is 6.92 Å². The predicted octanol–water partition coefficient (Wildman–Crippen LogP) is 4.16. The van der Waals surface area contributed by atoms with E-state index >= 15 is 0 Å². The summed E-state index contributed by atoms with van der Waals surface area (Å²) in [6.07, 6.45) is 4.48. The molecule has 2 aliphatic rings. The molecule has 0 saturated carbocycles. The molecular formula is C26H24ClN5O4. The third-order valence-corrected chi connectivity index (χ3v) is 7.16. The first-order valence-electron chi connectivity index (χ1n) is 11.8. The number of carbonyl (C=O) groups is 1. The smallest absolute Gasteiger partial charge is 0.410 e. The van der Waals surface area contributed by atoms with Gasteiger partial charge in [-0.3, -0.25) is 14.5 Å². The number of nitrogens with zero attached hydrogens (tertiary/aromatic N) is 4. The Morgan fingerprint density at radius 1 is 1.22 bits per heavy atom. The zero-order valence-corrected chi connectivity index (χ0v) is 20.4. The summed E-state index contributed by atoms with van der Waals surface area (Å²) >= 11 is 6.02. The highest BCUT2D eigenvalue weighted by Crippen LogP contribution is 2.35. The third-order valence-electron chi connectivity index (χ3n) is 6.90. The van der Waals surface area contributed by atoms with Gasteiger partial charge in [-0.1, -0.05) is 23.7 Å². The van der Waals surface area contributed by atoms with E-state index in [-0.39, 0.29) is 23.8 Å². The van der Waals surface area contributed by atoms with Gasteiger partial charge in [-0.25, -0.2) is 9.78 Å². The van der Waals surface area contributed by atoms with Gasteiger partial charge in [0.05, 0.1) is 29.7 Å². The highest BCUT2D eigenvalue weighted by Gasteiger charge is 2.39. The van der Waals surface area contributed by atoms with Gasteiger partial charge < -0.3 is 14.4 Å². The number of H-pyrrole nitrogens is 1. The number of rotatable bonds is 5. The van der Waals surface area contributed by atoms with Gasteiger partial charge in [-0.05, 0) is 36.8 Å². The zero-order chi connectivity index (χ0) is 24.8. The second-order valence-corrected chi connectivity index (χ2v) is 9.65. The molecular weight excluding hydrogens is 482 g/mol. The molecule has 4 heterocycles. The second kappa shape index (κ2) is 8.98. The summed E-state index contributed by atoms with van der Waals surface area (Å²) in [5.74, 6) is 1.21. The van der Waals surface area contributed by atoms with Gasteiger partial charge in [0, 0.05) is 41.7 Å². The molecule has 36 heavy (non-hydrogen) atoms. The van der Waals surface area contributed by atoms with Crippen LogP contribution in [0.15, 0.2) is 53.6 Å². The van der Waals surface area contributed by atoms with Gasteiger partial charge in [0.25, 0.3) is 5.56 Å². The van der Waals surface area contributed by atoms with Gasteiger partial charge in [-0.2, -0.15) is 5.10 Å². The number of aryl methyl sites for hydroxylation is 1. The SMILES string of the molecule is Cc1nc2cc(-c3cn[nH]c3)c(O[C@H]3CCN4C(=O)OC[C@@H]4C3)cc2c(=O)n1Cc1ccc(Cl)cc1. The number of aromatic amines is 1. The monoisotopic (exact) mass is 505 g/mol. The number of ether oxygens (including phenoxy) is 2. The summed E-state index contributed by atoms with van der Waals surface area (Å²) in [4.78, 5) is 32.0. The minimum Gasteiger partial charge on any atom is -0.490 e. The number of carbonyl (C=O) groups excluding carboxylic acids is 1. The summed E-state index contributed by atoms with van der Waals surface area (Å²) in [7, 11) is 0. The topological polar surface area (TPSA) is 102 Å². The summed E-state index contributed by atoms with van der Waals surface area (Å²) in [5, 5.41) is 8.05. The van der Waals surface area contributed by atoms with Crippen molar-refractivity contribution in [3.63, 3.8) is 0 Å². The van der Waals surface area contributed by atoms with E-state index in [0.717, 1.165) is 16.7 Å². The molecule has 0 aliphatic carbocycles. The van der Waals surface area contributed by atoms with Crippen LogP contribution in [0.5, 0.6) is 5.75 Å². The Balaban J connectivity index is 1.39. The van der Waals surface area contributed by atoms with E-state index in [4.69, 9.17) is 26.1 Å². The van der Waals surface area contributed by atoms with E-state index in [0.29, 0.717) is 60.0 Å². The average Bonchev–Trinajstić information content (AvgIpc) is 3.53. The summed E-state index contributed by atoms with van der Waals surface area (Å²) in [6.45, 7) is 3.18. The summed E-state index contributed by atoms with van der Waals surface area (Å²) in [6, 6.07) is 11.1. The van der Waals surface area contributed by atoms with Gasteiger partial charge in [0.1, 0.15) is 24.3 Å². The van der Waals surface area contributed by atoms with Crippen molar-refractivity contribution < 1.29 is 14.3 Å². The zero-order valence-electron chi connectivity index (χ0n) is 19.6. The van der Waals surface area contributed by atoms with E-state index in [1.54, 1.807) is 27.9 Å². The number of benzene rings is 2. The molecule has 0 radical (unpaired) electrons. The van der Waals surface area contributed by atoms with Crippen LogP contribution in [0.25, 0.3) is 22.0 Å². The Hall–Kier alpha value is -3.85. The molecule has 9 nitrogen and oxygen atoms in total. The maximum absolute atomic E-state index is 13.6. The van der Waals surface area contributed by atoms with E-state index < -0.39 is 0 Å². The van der Waals surface area contributed by atoms with Crippen LogP contribution >= 0.6 is 11.6 Å². The van der Waals surface area contributed by atoms with Crippen molar-refractivity contribution in [3.05, 3.63) is 75.6 Å². The molecule has 0 bridgehead atoms. The fourth-order valence-corrected chi connectivity index (χ4v) is 5.11. The number of cyclic esters (lactones) is 1.